The van der Waals surface area contributed by atoms with Gasteiger partial charge in [0.1, 0.15) is 0 Å². The van der Waals surface area contributed by atoms with Crippen LogP contribution in [0.4, 0.5) is 0 Å². The summed E-state index contributed by atoms with van der Waals surface area (Å²) in [6.07, 6.45) is 0.976. The maximum atomic E-state index is 12.3. The van der Waals surface area contributed by atoms with Crippen molar-refractivity contribution in [2.24, 2.45) is 0 Å². The first-order valence-corrected chi connectivity index (χ1v) is 9.41. The molecule has 0 spiro atoms. The molecular weight excluding hydrogens is 364 g/mol. The molecule has 1 N–H and O–H groups in total. The van der Waals surface area contributed by atoms with E-state index in [9.17, 15) is 4.79 Å². The monoisotopic (exact) mass is 384 g/mol. The molecule has 0 amide bonds. The molecule has 0 radical (unpaired) electrons. The minimum absolute atomic E-state index is 0.272. The first-order valence-electron chi connectivity index (χ1n) is 9.04. The van der Waals surface area contributed by atoms with E-state index in [1.54, 1.807) is 12.1 Å². The van der Waals surface area contributed by atoms with Gasteiger partial charge in [-0.2, -0.15) is 4.68 Å². The first-order chi connectivity index (χ1) is 13.2. The van der Waals surface area contributed by atoms with Crippen molar-refractivity contribution in [2.75, 3.05) is 32.8 Å². The van der Waals surface area contributed by atoms with Gasteiger partial charge < -0.3 is 4.74 Å². The summed E-state index contributed by atoms with van der Waals surface area (Å²) < 4.78 is 6.75. The second-order valence-corrected chi connectivity index (χ2v) is 7.01. The molecule has 0 atom stereocenters. The Balaban J connectivity index is 1.48. The summed E-state index contributed by atoms with van der Waals surface area (Å²) in [6, 6.07) is 15.2. The number of halogens is 1. The number of rotatable bonds is 5. The van der Waals surface area contributed by atoms with E-state index in [4.69, 9.17) is 16.3 Å². The zero-order chi connectivity index (χ0) is 18.6. The van der Waals surface area contributed by atoms with Crippen molar-refractivity contribution in [3.8, 4) is 17.1 Å². The average Bonchev–Trinajstić information content (AvgIpc) is 3.09. The molecule has 7 heteroatoms. The number of aromatic amines is 1. The number of nitrogens with one attached hydrogen (secondary N) is 1. The van der Waals surface area contributed by atoms with Crippen LogP contribution in [-0.4, -0.2) is 52.5 Å². The third kappa shape index (κ3) is 4.30. The summed E-state index contributed by atoms with van der Waals surface area (Å²) in [5.74, 6) is 0.499. The van der Waals surface area contributed by atoms with E-state index in [-0.39, 0.29) is 5.69 Å². The third-order valence-corrected chi connectivity index (χ3v) is 4.95. The molecule has 1 aliphatic heterocycles. The van der Waals surface area contributed by atoms with Crippen LogP contribution in [0.3, 0.4) is 0 Å². The number of ether oxygens (including phenoxy) is 1. The van der Waals surface area contributed by atoms with Crippen molar-refractivity contribution >= 4 is 11.6 Å². The van der Waals surface area contributed by atoms with Crippen molar-refractivity contribution in [3.05, 3.63) is 69.6 Å². The minimum atomic E-state index is -0.272. The van der Waals surface area contributed by atoms with Crippen molar-refractivity contribution in [1.29, 1.82) is 0 Å². The van der Waals surface area contributed by atoms with Crippen LogP contribution in [0.5, 0.6) is 0 Å². The molecule has 1 fully saturated rings. The van der Waals surface area contributed by atoms with Crippen LogP contribution in [0.25, 0.3) is 17.1 Å². The molecule has 6 nitrogen and oxygen atoms in total. The van der Waals surface area contributed by atoms with Crippen LogP contribution in [-0.2, 0) is 11.2 Å². The highest BCUT2D eigenvalue weighted by Crippen LogP contribution is 2.19. The summed E-state index contributed by atoms with van der Waals surface area (Å²) in [4.78, 5) is 17.5. The number of benzene rings is 2. The fourth-order valence-electron chi connectivity index (χ4n) is 3.18. The Bertz CT molecular complexity index is 959. The number of hydrogen-bond donors (Lipinski definition) is 1. The molecule has 2 heterocycles. The lowest BCUT2D eigenvalue weighted by Gasteiger charge is -2.26. The van der Waals surface area contributed by atoms with Gasteiger partial charge in [-0.25, -0.2) is 4.79 Å². The standard InChI is InChI=1S/C20H21ClN4O2/c21-17-3-1-2-16(14-17)19-22-20(26)25(23-19)18-6-4-15(5-7-18)8-9-24-10-12-27-13-11-24/h1-7,14H,8-13H2,(H,22,23,26). The summed E-state index contributed by atoms with van der Waals surface area (Å²) in [5, 5.41) is 5.01. The molecule has 140 valence electrons. The van der Waals surface area contributed by atoms with Crippen molar-refractivity contribution in [1.82, 2.24) is 19.7 Å². The van der Waals surface area contributed by atoms with Gasteiger partial charge >= 0.3 is 5.69 Å². The lowest BCUT2D eigenvalue weighted by molar-refractivity contribution is 0.0384. The molecule has 0 saturated carbocycles. The zero-order valence-corrected chi connectivity index (χ0v) is 15.7. The van der Waals surface area contributed by atoms with Gasteiger partial charge in [0.2, 0.25) is 0 Å². The number of aromatic nitrogens is 3. The number of nitrogens with zero attached hydrogens (tertiary/aromatic N) is 3. The number of H-pyrrole nitrogens is 1. The van der Waals surface area contributed by atoms with Crippen molar-refractivity contribution in [3.63, 3.8) is 0 Å². The van der Waals surface area contributed by atoms with E-state index in [1.807, 2.05) is 24.3 Å². The molecular formula is C20H21ClN4O2. The van der Waals surface area contributed by atoms with Gasteiger partial charge in [-0.15, -0.1) is 5.10 Å². The van der Waals surface area contributed by atoms with Gasteiger partial charge in [0.25, 0.3) is 0 Å². The minimum Gasteiger partial charge on any atom is -0.379 e. The molecule has 2 aromatic carbocycles. The van der Waals surface area contributed by atoms with Crippen molar-refractivity contribution < 1.29 is 4.74 Å². The summed E-state index contributed by atoms with van der Waals surface area (Å²) in [5.41, 5.74) is 2.48. The maximum absolute atomic E-state index is 12.3. The zero-order valence-electron chi connectivity index (χ0n) is 14.9. The Morgan fingerprint density at radius 1 is 1.11 bits per heavy atom. The Labute approximate surface area is 162 Å². The van der Waals surface area contributed by atoms with Gasteiger partial charge in [0.15, 0.2) is 5.82 Å². The Morgan fingerprint density at radius 2 is 1.89 bits per heavy atom. The fraction of sp³-hybridized carbons (Fsp3) is 0.300. The maximum Gasteiger partial charge on any atom is 0.348 e. The lowest BCUT2D eigenvalue weighted by atomic mass is 10.1. The molecule has 4 rings (SSSR count). The van der Waals surface area contributed by atoms with Crippen LogP contribution in [0.1, 0.15) is 5.56 Å². The fourth-order valence-corrected chi connectivity index (χ4v) is 3.37. The molecule has 1 saturated heterocycles. The van der Waals surface area contributed by atoms with E-state index in [2.05, 4.69) is 27.1 Å². The molecule has 1 aliphatic rings. The average molecular weight is 385 g/mol. The van der Waals surface area contributed by atoms with Crippen LogP contribution in [0, 0.1) is 0 Å². The van der Waals surface area contributed by atoms with Crippen LogP contribution >= 0.6 is 11.6 Å². The van der Waals surface area contributed by atoms with E-state index in [0.29, 0.717) is 10.8 Å². The molecule has 3 aromatic rings. The van der Waals surface area contributed by atoms with Crippen molar-refractivity contribution in [2.45, 2.75) is 6.42 Å². The Morgan fingerprint density at radius 3 is 2.63 bits per heavy atom. The predicted molar refractivity (Wildman–Crippen MR) is 106 cm³/mol. The lowest BCUT2D eigenvalue weighted by Crippen LogP contribution is -2.37. The Hall–Kier alpha value is -2.41. The predicted octanol–water partition coefficient (Wildman–Crippen LogP) is 2.76. The molecule has 27 heavy (non-hydrogen) atoms. The second kappa shape index (κ2) is 8.08. The van der Waals surface area contributed by atoms with Crippen LogP contribution in [0.15, 0.2) is 53.3 Å². The summed E-state index contributed by atoms with van der Waals surface area (Å²) in [6.45, 7) is 4.63. The van der Waals surface area contributed by atoms with E-state index >= 15 is 0 Å². The number of morpholine rings is 1. The first kappa shape index (κ1) is 18.0. The smallest absolute Gasteiger partial charge is 0.348 e. The highest BCUT2D eigenvalue weighted by Gasteiger charge is 2.11. The topological polar surface area (TPSA) is 63.2 Å². The van der Waals surface area contributed by atoms with Crippen LogP contribution < -0.4 is 5.69 Å². The van der Waals surface area contributed by atoms with Gasteiger partial charge in [-0.3, -0.25) is 9.88 Å². The number of hydrogen-bond acceptors (Lipinski definition) is 4. The molecule has 0 unspecified atom stereocenters. The highest BCUT2D eigenvalue weighted by atomic mass is 35.5. The molecule has 1 aromatic heterocycles. The molecule has 0 bridgehead atoms. The second-order valence-electron chi connectivity index (χ2n) is 6.57. The van der Waals surface area contributed by atoms with Gasteiger partial charge in [0.05, 0.1) is 18.9 Å². The Kier molecular flexibility index (Phi) is 5.38. The van der Waals surface area contributed by atoms with Gasteiger partial charge in [-0.1, -0.05) is 35.9 Å². The third-order valence-electron chi connectivity index (χ3n) is 4.72. The highest BCUT2D eigenvalue weighted by molar-refractivity contribution is 6.30. The van der Waals surface area contributed by atoms with Crippen LogP contribution in [0.2, 0.25) is 5.02 Å². The van der Waals surface area contributed by atoms with Gasteiger partial charge in [-0.05, 0) is 36.2 Å². The van der Waals surface area contributed by atoms with E-state index < -0.39 is 0 Å². The quantitative estimate of drug-likeness (QED) is 0.734. The largest absolute Gasteiger partial charge is 0.379 e. The summed E-state index contributed by atoms with van der Waals surface area (Å²) in [7, 11) is 0. The van der Waals surface area contributed by atoms with Gasteiger partial charge in [0, 0.05) is 30.2 Å². The van der Waals surface area contributed by atoms with E-state index in [0.717, 1.165) is 50.5 Å². The summed E-state index contributed by atoms with van der Waals surface area (Å²) >= 11 is 6.02. The normalized spacial score (nSPS) is 15.1. The SMILES string of the molecule is O=c1[nH]c(-c2cccc(Cl)c2)nn1-c1ccc(CCN2CCOCC2)cc1. The van der Waals surface area contributed by atoms with E-state index in [1.165, 1.54) is 10.2 Å². The molecule has 0 aliphatic carbocycles.